The number of carbonyl (C=O) groups is 1. The first-order valence-corrected chi connectivity index (χ1v) is 12.8. The summed E-state index contributed by atoms with van der Waals surface area (Å²) in [6.07, 6.45) is 0.236. The Hall–Kier alpha value is -3.47. The summed E-state index contributed by atoms with van der Waals surface area (Å²) < 4.78 is 56.4. The molecule has 0 aliphatic carbocycles. The monoisotopic (exact) mass is 542 g/mol. The molecule has 4 N–H and O–H groups in total. The van der Waals surface area contributed by atoms with Gasteiger partial charge in [0.2, 0.25) is 0 Å². The largest absolute Gasteiger partial charge is 0.384 e. The fourth-order valence-corrected chi connectivity index (χ4v) is 5.98. The van der Waals surface area contributed by atoms with Gasteiger partial charge in [0.05, 0.1) is 0 Å². The van der Waals surface area contributed by atoms with Gasteiger partial charge in [0, 0.05) is 55.3 Å². The van der Waals surface area contributed by atoms with E-state index in [2.05, 4.69) is 10.2 Å². The lowest BCUT2D eigenvalue weighted by Crippen LogP contribution is -2.65. The second-order valence-corrected chi connectivity index (χ2v) is 10.5. The molecule has 2 aliphatic heterocycles. The van der Waals surface area contributed by atoms with Crippen molar-refractivity contribution in [3.63, 3.8) is 0 Å². The third kappa shape index (κ3) is 5.24. The second-order valence-electron chi connectivity index (χ2n) is 10.5. The lowest BCUT2D eigenvalue weighted by Gasteiger charge is -2.55. The average molecular weight is 543 g/mol. The van der Waals surface area contributed by atoms with E-state index in [1.165, 1.54) is 0 Å². The van der Waals surface area contributed by atoms with Gasteiger partial charge >= 0.3 is 6.03 Å². The highest BCUT2D eigenvalue weighted by molar-refractivity contribution is 5.89. The van der Waals surface area contributed by atoms with Crippen molar-refractivity contribution in [1.29, 1.82) is 0 Å². The van der Waals surface area contributed by atoms with Crippen LogP contribution in [0.15, 0.2) is 54.6 Å². The molecular formula is C29H30F4N4O2. The third-order valence-electron chi connectivity index (χ3n) is 7.80. The molecule has 0 unspecified atom stereocenters. The number of rotatable bonds is 5. The minimum atomic E-state index is -1.26. The van der Waals surface area contributed by atoms with Gasteiger partial charge < -0.3 is 26.0 Å². The number of nitrogens with one attached hydrogen (secondary N) is 1. The van der Waals surface area contributed by atoms with E-state index < -0.39 is 34.9 Å². The van der Waals surface area contributed by atoms with Crippen LogP contribution in [0, 0.1) is 35.1 Å². The van der Waals surface area contributed by atoms with Crippen LogP contribution in [0.25, 0.3) is 11.1 Å². The number of halogens is 4. The Morgan fingerprint density at radius 1 is 0.949 bits per heavy atom. The van der Waals surface area contributed by atoms with Crippen molar-refractivity contribution in [2.45, 2.75) is 12.0 Å². The van der Waals surface area contributed by atoms with Crippen LogP contribution >= 0.6 is 0 Å². The van der Waals surface area contributed by atoms with E-state index in [9.17, 15) is 27.5 Å². The summed E-state index contributed by atoms with van der Waals surface area (Å²) in [5, 5.41) is 14.6. The number of anilines is 1. The number of likely N-dealkylation sites (tertiary alicyclic amines) is 2. The van der Waals surface area contributed by atoms with Gasteiger partial charge in [-0.25, -0.2) is 22.4 Å². The van der Waals surface area contributed by atoms with Gasteiger partial charge in [0.25, 0.3) is 0 Å². The zero-order valence-electron chi connectivity index (χ0n) is 21.4. The first-order chi connectivity index (χ1) is 18.6. The molecule has 0 spiro atoms. The Morgan fingerprint density at radius 3 is 2.15 bits per heavy atom. The SMILES string of the molecule is CN1C[C@@H]2CN(C(=O)Nc3cc(F)cc(F)c3)C[C@H](C1)[C@@]2(O)c1ccc(-c2cc(F)c(CCN)cc2F)cc1. The Kier molecular flexibility index (Phi) is 7.37. The molecule has 0 saturated carbocycles. The van der Waals surface area contributed by atoms with Gasteiger partial charge in [0.15, 0.2) is 0 Å². The molecule has 2 saturated heterocycles. The minimum Gasteiger partial charge on any atom is -0.384 e. The number of fused-ring (bicyclic) bond motifs is 2. The predicted molar refractivity (Wildman–Crippen MR) is 140 cm³/mol. The van der Waals surface area contributed by atoms with Crippen LogP contribution in [0.1, 0.15) is 11.1 Å². The molecular weight excluding hydrogens is 512 g/mol. The fraction of sp³-hybridized carbons (Fsp3) is 0.345. The van der Waals surface area contributed by atoms with E-state index in [4.69, 9.17) is 5.73 Å². The summed E-state index contributed by atoms with van der Waals surface area (Å²) in [4.78, 5) is 16.6. The zero-order chi connectivity index (χ0) is 27.9. The normalized spacial score (nSPS) is 23.1. The average Bonchev–Trinajstić information content (AvgIpc) is 2.86. The maximum absolute atomic E-state index is 14.8. The van der Waals surface area contributed by atoms with Crippen LogP contribution in [-0.4, -0.2) is 60.7 Å². The first kappa shape index (κ1) is 27.1. The van der Waals surface area contributed by atoms with Crippen LogP contribution in [0.4, 0.5) is 28.0 Å². The number of carbonyl (C=O) groups excluding carboxylic acids is 1. The molecule has 0 aromatic heterocycles. The van der Waals surface area contributed by atoms with Crippen molar-refractivity contribution in [2.75, 3.05) is 45.1 Å². The van der Waals surface area contributed by atoms with Gasteiger partial charge in [0.1, 0.15) is 28.9 Å². The number of benzene rings is 3. The van der Waals surface area contributed by atoms with Gasteiger partial charge in [-0.05, 0) is 61.0 Å². The van der Waals surface area contributed by atoms with Crippen LogP contribution in [0.2, 0.25) is 0 Å². The van der Waals surface area contributed by atoms with Crippen LogP contribution < -0.4 is 11.1 Å². The number of hydrogen-bond donors (Lipinski definition) is 3. The number of aliphatic hydroxyl groups is 1. The molecule has 0 radical (unpaired) electrons. The number of hydrogen-bond acceptors (Lipinski definition) is 4. The van der Waals surface area contributed by atoms with Crippen molar-refractivity contribution < 1.29 is 27.5 Å². The van der Waals surface area contributed by atoms with E-state index in [0.717, 1.165) is 30.3 Å². The van der Waals surface area contributed by atoms with E-state index in [1.54, 1.807) is 29.2 Å². The van der Waals surface area contributed by atoms with Gasteiger partial charge in [-0.3, -0.25) is 0 Å². The summed E-state index contributed by atoms with van der Waals surface area (Å²) >= 11 is 0. The maximum Gasteiger partial charge on any atom is 0.321 e. The molecule has 2 amide bonds. The molecule has 2 bridgehead atoms. The highest BCUT2D eigenvalue weighted by atomic mass is 19.1. The zero-order valence-corrected chi connectivity index (χ0v) is 21.4. The molecule has 3 aromatic rings. The van der Waals surface area contributed by atoms with E-state index in [1.807, 2.05) is 7.05 Å². The lowest BCUT2D eigenvalue weighted by atomic mass is 9.66. The van der Waals surface area contributed by atoms with Gasteiger partial charge in [-0.2, -0.15) is 0 Å². The van der Waals surface area contributed by atoms with E-state index >= 15 is 0 Å². The summed E-state index contributed by atoms with van der Waals surface area (Å²) in [7, 11) is 1.94. The molecule has 2 aliphatic rings. The number of urea groups is 1. The summed E-state index contributed by atoms with van der Waals surface area (Å²) in [6.45, 7) is 1.66. The predicted octanol–water partition coefficient (Wildman–Crippen LogP) is 4.32. The van der Waals surface area contributed by atoms with E-state index in [-0.39, 0.29) is 54.7 Å². The molecule has 5 rings (SSSR count). The van der Waals surface area contributed by atoms with Crippen molar-refractivity contribution in [3.8, 4) is 11.1 Å². The van der Waals surface area contributed by atoms with Crippen molar-refractivity contribution in [1.82, 2.24) is 9.80 Å². The van der Waals surface area contributed by atoms with E-state index in [0.29, 0.717) is 24.2 Å². The lowest BCUT2D eigenvalue weighted by molar-refractivity contribution is -0.153. The smallest absolute Gasteiger partial charge is 0.321 e. The summed E-state index contributed by atoms with van der Waals surface area (Å²) in [5.41, 5.74) is 5.66. The van der Waals surface area contributed by atoms with Crippen molar-refractivity contribution in [3.05, 3.63) is 89.0 Å². The Morgan fingerprint density at radius 2 is 1.56 bits per heavy atom. The Balaban J connectivity index is 1.38. The fourth-order valence-electron chi connectivity index (χ4n) is 5.98. The molecule has 6 nitrogen and oxygen atoms in total. The molecule has 3 aromatic carbocycles. The van der Waals surface area contributed by atoms with Crippen molar-refractivity contribution in [2.24, 2.45) is 17.6 Å². The Labute approximate surface area is 224 Å². The molecule has 2 heterocycles. The van der Waals surface area contributed by atoms with Crippen LogP contribution in [0.3, 0.4) is 0 Å². The highest BCUT2D eigenvalue weighted by Gasteiger charge is 2.53. The van der Waals surface area contributed by atoms with Gasteiger partial charge in [-0.15, -0.1) is 0 Å². The minimum absolute atomic E-state index is 0.0101. The summed E-state index contributed by atoms with van der Waals surface area (Å²) in [5.74, 6) is -3.39. The van der Waals surface area contributed by atoms with Gasteiger partial charge in [-0.1, -0.05) is 24.3 Å². The molecule has 206 valence electrons. The standard InChI is InChI=1S/C29H30F4N4O2/c1-36-13-20-15-37(28(38)35-24-10-22(30)9-23(31)11-24)16-21(14-36)29(20,39)19-4-2-17(3-5-19)25-12-26(32)18(6-7-34)8-27(25)33/h2-5,8-12,20-21,39H,6-7,13-16,34H2,1H3,(H,35,38)/t20-,21+,29-. The number of piperidine rings is 2. The highest BCUT2D eigenvalue weighted by Crippen LogP contribution is 2.45. The Bertz CT molecular complexity index is 1350. The van der Waals surface area contributed by atoms with Crippen LogP contribution in [-0.2, 0) is 12.0 Å². The number of nitrogens with two attached hydrogens (primary N) is 1. The first-order valence-electron chi connectivity index (χ1n) is 12.8. The molecule has 3 atom stereocenters. The molecule has 2 fully saturated rings. The molecule has 10 heteroatoms. The second kappa shape index (κ2) is 10.6. The third-order valence-corrected chi connectivity index (χ3v) is 7.80. The number of nitrogens with zero attached hydrogens (tertiary/aromatic N) is 2. The topological polar surface area (TPSA) is 81.8 Å². The van der Waals surface area contributed by atoms with Crippen LogP contribution in [0.5, 0.6) is 0 Å². The summed E-state index contributed by atoms with van der Waals surface area (Å²) in [6, 6.07) is 11.4. The maximum atomic E-state index is 14.8. The number of amides is 2. The van der Waals surface area contributed by atoms with Crippen molar-refractivity contribution >= 4 is 11.7 Å². The quantitative estimate of drug-likeness (QED) is 0.420. The molecule has 39 heavy (non-hydrogen) atoms.